The third kappa shape index (κ3) is 4.58. The molecule has 1 unspecified atom stereocenters. The van der Waals surface area contributed by atoms with E-state index in [1.165, 1.54) is 11.1 Å². The molecular formula is C16H20ClNO. The summed E-state index contributed by atoms with van der Waals surface area (Å²) in [6.45, 7) is 2.75. The van der Waals surface area contributed by atoms with Crippen molar-refractivity contribution < 1.29 is 4.74 Å². The molecular weight excluding hydrogens is 258 g/mol. The van der Waals surface area contributed by atoms with Gasteiger partial charge in [0.25, 0.3) is 0 Å². The summed E-state index contributed by atoms with van der Waals surface area (Å²) < 4.78 is 5.74. The molecule has 0 saturated heterocycles. The SMILES string of the molecule is CNC(C)c1ccc(OCc2ccccc2)cc1.Cl. The Morgan fingerprint density at radius 2 is 1.63 bits per heavy atom. The Hall–Kier alpha value is -1.51. The molecule has 0 aliphatic heterocycles. The molecule has 19 heavy (non-hydrogen) atoms. The van der Waals surface area contributed by atoms with Crippen LogP contribution in [0, 0.1) is 0 Å². The normalized spacial score (nSPS) is 11.5. The highest BCUT2D eigenvalue weighted by Crippen LogP contribution is 2.18. The quantitative estimate of drug-likeness (QED) is 0.893. The van der Waals surface area contributed by atoms with Gasteiger partial charge in [0.2, 0.25) is 0 Å². The highest BCUT2D eigenvalue weighted by Gasteiger charge is 2.02. The van der Waals surface area contributed by atoms with Crippen LogP contribution in [-0.4, -0.2) is 7.05 Å². The topological polar surface area (TPSA) is 21.3 Å². The second-order valence-electron chi connectivity index (χ2n) is 4.35. The van der Waals surface area contributed by atoms with Gasteiger partial charge in [-0.1, -0.05) is 42.5 Å². The van der Waals surface area contributed by atoms with Crippen molar-refractivity contribution in [1.29, 1.82) is 0 Å². The number of ether oxygens (including phenoxy) is 1. The smallest absolute Gasteiger partial charge is 0.119 e. The van der Waals surface area contributed by atoms with E-state index >= 15 is 0 Å². The van der Waals surface area contributed by atoms with Crippen molar-refractivity contribution in [3.05, 3.63) is 65.7 Å². The van der Waals surface area contributed by atoms with Crippen LogP contribution in [0.2, 0.25) is 0 Å². The first-order valence-electron chi connectivity index (χ1n) is 6.23. The predicted molar refractivity (Wildman–Crippen MR) is 81.9 cm³/mol. The number of rotatable bonds is 5. The summed E-state index contributed by atoms with van der Waals surface area (Å²) in [4.78, 5) is 0. The first kappa shape index (κ1) is 15.5. The van der Waals surface area contributed by atoms with Crippen molar-refractivity contribution in [2.24, 2.45) is 0 Å². The number of halogens is 1. The van der Waals surface area contributed by atoms with Gasteiger partial charge in [-0.15, -0.1) is 12.4 Å². The average Bonchev–Trinajstić information content (AvgIpc) is 2.46. The van der Waals surface area contributed by atoms with Crippen molar-refractivity contribution in [3.8, 4) is 5.75 Å². The molecule has 0 amide bonds. The average molecular weight is 278 g/mol. The molecule has 0 saturated carbocycles. The van der Waals surface area contributed by atoms with E-state index in [0.717, 1.165) is 5.75 Å². The Morgan fingerprint density at radius 1 is 1.00 bits per heavy atom. The Kier molecular flexibility index (Phi) is 6.40. The van der Waals surface area contributed by atoms with Gasteiger partial charge in [0.15, 0.2) is 0 Å². The molecule has 0 bridgehead atoms. The van der Waals surface area contributed by atoms with Gasteiger partial charge in [-0.3, -0.25) is 0 Å². The van der Waals surface area contributed by atoms with E-state index in [1.807, 2.05) is 37.4 Å². The molecule has 0 spiro atoms. The van der Waals surface area contributed by atoms with E-state index in [2.05, 4.69) is 36.5 Å². The van der Waals surface area contributed by atoms with Crippen LogP contribution in [0.4, 0.5) is 0 Å². The van der Waals surface area contributed by atoms with Gasteiger partial charge in [-0.25, -0.2) is 0 Å². The molecule has 2 rings (SSSR count). The van der Waals surface area contributed by atoms with Crippen molar-refractivity contribution in [3.63, 3.8) is 0 Å². The summed E-state index contributed by atoms with van der Waals surface area (Å²) in [6.07, 6.45) is 0. The molecule has 1 atom stereocenters. The zero-order valence-electron chi connectivity index (χ0n) is 11.3. The van der Waals surface area contributed by atoms with Crippen molar-refractivity contribution in [2.45, 2.75) is 19.6 Å². The summed E-state index contributed by atoms with van der Waals surface area (Å²) in [5.74, 6) is 0.908. The number of hydrogen-bond acceptors (Lipinski definition) is 2. The molecule has 0 heterocycles. The first-order valence-corrected chi connectivity index (χ1v) is 6.23. The fraction of sp³-hybridized carbons (Fsp3) is 0.250. The Labute approximate surface area is 121 Å². The van der Waals surface area contributed by atoms with Crippen molar-refractivity contribution in [1.82, 2.24) is 5.32 Å². The van der Waals surface area contributed by atoms with Gasteiger partial charge in [0.1, 0.15) is 12.4 Å². The molecule has 0 aliphatic rings. The third-order valence-electron chi connectivity index (χ3n) is 3.06. The van der Waals surface area contributed by atoms with Crippen LogP contribution in [0.3, 0.4) is 0 Å². The van der Waals surface area contributed by atoms with Gasteiger partial charge >= 0.3 is 0 Å². The Bertz CT molecular complexity index is 470. The van der Waals surface area contributed by atoms with E-state index in [4.69, 9.17) is 4.74 Å². The highest BCUT2D eigenvalue weighted by atomic mass is 35.5. The lowest BCUT2D eigenvalue weighted by atomic mass is 10.1. The van der Waals surface area contributed by atoms with E-state index < -0.39 is 0 Å². The molecule has 0 fully saturated rings. The third-order valence-corrected chi connectivity index (χ3v) is 3.06. The van der Waals surface area contributed by atoms with Crippen molar-refractivity contribution >= 4 is 12.4 Å². The van der Waals surface area contributed by atoms with E-state index in [9.17, 15) is 0 Å². The Balaban J connectivity index is 0.00000180. The number of nitrogens with one attached hydrogen (secondary N) is 1. The van der Waals surface area contributed by atoms with Crippen LogP contribution in [0.1, 0.15) is 24.1 Å². The minimum absolute atomic E-state index is 0. The maximum absolute atomic E-state index is 5.74. The number of hydrogen-bond donors (Lipinski definition) is 1. The lowest BCUT2D eigenvalue weighted by Crippen LogP contribution is -2.11. The van der Waals surface area contributed by atoms with Crippen LogP contribution >= 0.6 is 12.4 Å². The van der Waals surface area contributed by atoms with Gasteiger partial charge < -0.3 is 10.1 Å². The van der Waals surface area contributed by atoms with Gasteiger partial charge in [-0.2, -0.15) is 0 Å². The van der Waals surface area contributed by atoms with E-state index in [1.54, 1.807) is 0 Å². The summed E-state index contributed by atoms with van der Waals surface area (Å²) in [6, 6.07) is 18.8. The molecule has 2 nitrogen and oxygen atoms in total. The largest absolute Gasteiger partial charge is 0.489 e. The first-order chi connectivity index (χ1) is 8.79. The fourth-order valence-corrected chi connectivity index (χ4v) is 1.76. The molecule has 2 aromatic rings. The predicted octanol–water partition coefficient (Wildman–Crippen LogP) is 3.97. The molecule has 1 N–H and O–H groups in total. The molecule has 0 aromatic heterocycles. The van der Waals surface area contributed by atoms with Crippen LogP contribution < -0.4 is 10.1 Å². The lowest BCUT2D eigenvalue weighted by molar-refractivity contribution is 0.306. The van der Waals surface area contributed by atoms with Gasteiger partial charge in [0.05, 0.1) is 0 Å². The monoisotopic (exact) mass is 277 g/mol. The fourth-order valence-electron chi connectivity index (χ4n) is 1.76. The van der Waals surface area contributed by atoms with Crippen LogP contribution in [0.15, 0.2) is 54.6 Å². The summed E-state index contributed by atoms with van der Waals surface area (Å²) in [7, 11) is 1.96. The maximum Gasteiger partial charge on any atom is 0.119 e. The summed E-state index contributed by atoms with van der Waals surface area (Å²) in [5, 5.41) is 3.22. The minimum Gasteiger partial charge on any atom is -0.489 e. The highest BCUT2D eigenvalue weighted by molar-refractivity contribution is 5.85. The zero-order valence-corrected chi connectivity index (χ0v) is 12.1. The maximum atomic E-state index is 5.74. The molecule has 3 heteroatoms. The summed E-state index contributed by atoms with van der Waals surface area (Å²) in [5.41, 5.74) is 2.45. The zero-order chi connectivity index (χ0) is 12.8. The second kappa shape index (κ2) is 7.82. The standard InChI is InChI=1S/C16H19NO.ClH/c1-13(17-2)15-8-10-16(11-9-15)18-12-14-6-4-3-5-7-14;/h3-11,13,17H,12H2,1-2H3;1H. The molecule has 102 valence electrons. The minimum atomic E-state index is 0. The molecule has 2 aromatic carbocycles. The van der Waals surface area contributed by atoms with E-state index in [-0.39, 0.29) is 12.4 Å². The number of benzene rings is 2. The van der Waals surface area contributed by atoms with Gasteiger partial charge in [-0.05, 0) is 37.2 Å². The van der Waals surface area contributed by atoms with Gasteiger partial charge in [0, 0.05) is 6.04 Å². The Morgan fingerprint density at radius 3 is 2.21 bits per heavy atom. The van der Waals surface area contributed by atoms with Crippen LogP contribution in [-0.2, 0) is 6.61 Å². The van der Waals surface area contributed by atoms with Crippen LogP contribution in [0.25, 0.3) is 0 Å². The molecule has 0 aliphatic carbocycles. The van der Waals surface area contributed by atoms with E-state index in [0.29, 0.717) is 12.6 Å². The lowest BCUT2D eigenvalue weighted by Gasteiger charge is -2.11. The van der Waals surface area contributed by atoms with Crippen molar-refractivity contribution in [2.75, 3.05) is 7.05 Å². The second-order valence-corrected chi connectivity index (χ2v) is 4.35. The summed E-state index contributed by atoms with van der Waals surface area (Å²) >= 11 is 0. The molecule has 0 radical (unpaired) electrons. The van der Waals surface area contributed by atoms with Crippen LogP contribution in [0.5, 0.6) is 5.75 Å².